The summed E-state index contributed by atoms with van der Waals surface area (Å²) in [6.07, 6.45) is -2.36. The summed E-state index contributed by atoms with van der Waals surface area (Å²) in [4.78, 5) is 9.98. The van der Waals surface area contributed by atoms with Gasteiger partial charge in [0.05, 0.1) is 0 Å². The first-order valence-electron chi connectivity index (χ1n) is 8.53. The SMILES string of the molecule is Cc1cc(NC[C@@H]2CCCN2CC(C)C)n2nc(C(F)(F)F)nc2n1. The lowest BCUT2D eigenvalue weighted by Gasteiger charge is -2.26. The number of aryl methyl sites for hydroxylation is 1. The van der Waals surface area contributed by atoms with Gasteiger partial charge < -0.3 is 5.32 Å². The number of likely N-dealkylation sites (tertiary alicyclic amines) is 1. The van der Waals surface area contributed by atoms with Gasteiger partial charge >= 0.3 is 6.18 Å². The van der Waals surface area contributed by atoms with E-state index in [9.17, 15) is 13.2 Å². The van der Waals surface area contributed by atoms with Gasteiger partial charge in [0.2, 0.25) is 0 Å². The van der Waals surface area contributed by atoms with Crippen LogP contribution >= 0.6 is 0 Å². The smallest absolute Gasteiger partial charge is 0.368 e. The number of hydrogen-bond donors (Lipinski definition) is 1. The molecule has 0 unspecified atom stereocenters. The molecule has 25 heavy (non-hydrogen) atoms. The summed E-state index contributed by atoms with van der Waals surface area (Å²) in [7, 11) is 0. The number of rotatable bonds is 5. The van der Waals surface area contributed by atoms with Crippen LogP contribution in [0.25, 0.3) is 5.78 Å². The highest BCUT2D eigenvalue weighted by Gasteiger charge is 2.37. The average molecular weight is 356 g/mol. The molecule has 0 amide bonds. The molecule has 0 aliphatic carbocycles. The van der Waals surface area contributed by atoms with Crippen molar-refractivity contribution in [2.24, 2.45) is 5.92 Å². The Morgan fingerprint density at radius 2 is 2.08 bits per heavy atom. The number of halogens is 3. The van der Waals surface area contributed by atoms with Crippen LogP contribution in [0.4, 0.5) is 19.0 Å². The third-order valence-corrected chi connectivity index (χ3v) is 4.31. The molecule has 0 bridgehead atoms. The number of fused-ring (bicyclic) bond motifs is 1. The van der Waals surface area contributed by atoms with Crippen molar-refractivity contribution in [3.05, 3.63) is 17.6 Å². The standard InChI is InChI=1S/C16H23F3N6/c1-10(2)9-24-6-4-5-12(24)8-20-13-7-11(3)21-15-22-14(16(17,18)19)23-25(13)15/h7,10,12,20H,4-6,8-9H2,1-3H3/t12-/m0/s1. The number of nitrogens with one attached hydrogen (secondary N) is 1. The van der Waals surface area contributed by atoms with Crippen molar-refractivity contribution in [2.75, 3.05) is 25.0 Å². The normalized spacial score (nSPS) is 19.2. The molecular weight excluding hydrogens is 333 g/mol. The Morgan fingerprint density at radius 3 is 2.76 bits per heavy atom. The Balaban J connectivity index is 1.80. The molecule has 0 aromatic carbocycles. The second kappa shape index (κ2) is 6.78. The zero-order chi connectivity index (χ0) is 18.2. The molecule has 0 radical (unpaired) electrons. The van der Waals surface area contributed by atoms with E-state index in [1.54, 1.807) is 13.0 Å². The zero-order valence-electron chi connectivity index (χ0n) is 14.6. The Bertz CT molecular complexity index is 739. The van der Waals surface area contributed by atoms with Gasteiger partial charge in [0.1, 0.15) is 5.82 Å². The molecule has 0 spiro atoms. The van der Waals surface area contributed by atoms with Crippen LogP contribution in [0.3, 0.4) is 0 Å². The maximum Gasteiger partial charge on any atom is 0.453 e. The maximum atomic E-state index is 12.9. The lowest BCUT2D eigenvalue weighted by molar-refractivity contribution is -0.144. The number of aromatic nitrogens is 4. The molecule has 9 heteroatoms. The molecule has 2 aromatic rings. The molecule has 1 atom stereocenters. The van der Waals surface area contributed by atoms with Crippen LogP contribution in [-0.4, -0.2) is 50.2 Å². The summed E-state index contributed by atoms with van der Waals surface area (Å²) in [5.41, 5.74) is 0.599. The van der Waals surface area contributed by atoms with E-state index in [1.165, 1.54) is 0 Å². The molecule has 6 nitrogen and oxygen atoms in total. The average Bonchev–Trinajstić information content (AvgIpc) is 3.10. The monoisotopic (exact) mass is 356 g/mol. The minimum Gasteiger partial charge on any atom is -0.368 e. The van der Waals surface area contributed by atoms with Crippen molar-refractivity contribution < 1.29 is 13.2 Å². The molecule has 3 rings (SSSR count). The fourth-order valence-electron chi connectivity index (χ4n) is 3.29. The van der Waals surface area contributed by atoms with Crippen LogP contribution in [-0.2, 0) is 6.18 Å². The molecule has 0 saturated carbocycles. The van der Waals surface area contributed by atoms with E-state index in [0.717, 1.165) is 30.4 Å². The Hall–Kier alpha value is -1.90. The van der Waals surface area contributed by atoms with Crippen molar-refractivity contribution in [1.82, 2.24) is 24.5 Å². The van der Waals surface area contributed by atoms with Gasteiger partial charge in [-0.1, -0.05) is 13.8 Å². The molecule has 3 heterocycles. The van der Waals surface area contributed by atoms with Gasteiger partial charge in [-0.05, 0) is 32.2 Å². The molecule has 1 aliphatic heterocycles. The van der Waals surface area contributed by atoms with Gasteiger partial charge in [0.15, 0.2) is 0 Å². The van der Waals surface area contributed by atoms with Crippen molar-refractivity contribution >= 4 is 11.6 Å². The molecule has 2 aromatic heterocycles. The van der Waals surface area contributed by atoms with E-state index in [4.69, 9.17) is 0 Å². The van der Waals surface area contributed by atoms with Crippen LogP contribution in [0.15, 0.2) is 6.07 Å². The van der Waals surface area contributed by atoms with Crippen LogP contribution in [0, 0.1) is 12.8 Å². The highest BCUT2D eigenvalue weighted by atomic mass is 19.4. The van der Waals surface area contributed by atoms with Gasteiger partial charge in [-0.2, -0.15) is 22.7 Å². The minimum atomic E-state index is -4.58. The molecule has 138 valence electrons. The summed E-state index contributed by atoms with van der Waals surface area (Å²) in [6.45, 7) is 8.86. The predicted molar refractivity (Wildman–Crippen MR) is 88.4 cm³/mol. The van der Waals surface area contributed by atoms with Gasteiger partial charge in [0, 0.05) is 30.9 Å². The topological polar surface area (TPSA) is 58.4 Å². The van der Waals surface area contributed by atoms with Crippen LogP contribution in [0.5, 0.6) is 0 Å². The van der Waals surface area contributed by atoms with Gasteiger partial charge in [0.25, 0.3) is 11.6 Å². The maximum absolute atomic E-state index is 12.9. The quantitative estimate of drug-likeness (QED) is 0.893. The molecular formula is C16H23F3N6. The summed E-state index contributed by atoms with van der Waals surface area (Å²) >= 11 is 0. The third kappa shape index (κ3) is 4.02. The minimum absolute atomic E-state index is 0.0414. The highest BCUT2D eigenvalue weighted by Crippen LogP contribution is 2.27. The van der Waals surface area contributed by atoms with Crippen molar-refractivity contribution in [3.8, 4) is 0 Å². The van der Waals surface area contributed by atoms with Crippen molar-refractivity contribution in [2.45, 2.75) is 45.8 Å². The van der Waals surface area contributed by atoms with Crippen LogP contribution in [0.2, 0.25) is 0 Å². The molecule has 1 N–H and O–H groups in total. The van der Waals surface area contributed by atoms with Crippen molar-refractivity contribution in [1.29, 1.82) is 0 Å². The molecule has 1 saturated heterocycles. The highest BCUT2D eigenvalue weighted by molar-refractivity contribution is 5.45. The number of alkyl halides is 3. The number of nitrogens with zero attached hydrogens (tertiary/aromatic N) is 5. The first-order valence-corrected chi connectivity index (χ1v) is 8.53. The Labute approximate surface area is 144 Å². The predicted octanol–water partition coefficient (Wildman–Crippen LogP) is 2.98. The van der Waals surface area contributed by atoms with Gasteiger partial charge in [-0.15, -0.1) is 5.10 Å². The molecule has 1 fully saturated rings. The fraction of sp³-hybridized carbons (Fsp3) is 0.688. The van der Waals surface area contributed by atoms with E-state index in [1.807, 2.05) is 0 Å². The summed E-state index contributed by atoms with van der Waals surface area (Å²) < 4.78 is 39.7. The Kier molecular flexibility index (Phi) is 4.86. The van der Waals surface area contributed by atoms with Gasteiger partial charge in [-0.25, -0.2) is 4.98 Å². The third-order valence-electron chi connectivity index (χ3n) is 4.31. The summed E-state index contributed by atoms with van der Waals surface area (Å²) in [5, 5.41) is 6.83. The first kappa shape index (κ1) is 17.9. The Morgan fingerprint density at radius 1 is 1.32 bits per heavy atom. The van der Waals surface area contributed by atoms with E-state index in [0.29, 0.717) is 30.0 Å². The largest absolute Gasteiger partial charge is 0.453 e. The number of hydrogen-bond acceptors (Lipinski definition) is 5. The van der Waals surface area contributed by atoms with Crippen LogP contribution in [0.1, 0.15) is 38.2 Å². The lowest BCUT2D eigenvalue weighted by Crippen LogP contribution is -2.37. The summed E-state index contributed by atoms with van der Waals surface area (Å²) in [5.74, 6) is -0.140. The first-order chi connectivity index (χ1) is 11.7. The van der Waals surface area contributed by atoms with Gasteiger partial charge in [-0.3, -0.25) is 4.90 Å². The lowest BCUT2D eigenvalue weighted by atomic mass is 10.1. The van der Waals surface area contributed by atoms with Crippen molar-refractivity contribution in [3.63, 3.8) is 0 Å². The van der Waals surface area contributed by atoms with E-state index < -0.39 is 12.0 Å². The second-order valence-corrected chi connectivity index (χ2v) is 6.99. The van der Waals surface area contributed by atoms with Crippen LogP contribution < -0.4 is 5.32 Å². The van der Waals surface area contributed by atoms with E-state index in [2.05, 4.69) is 39.1 Å². The zero-order valence-corrected chi connectivity index (χ0v) is 14.6. The number of anilines is 1. The second-order valence-electron chi connectivity index (χ2n) is 6.99. The molecule has 1 aliphatic rings. The van der Waals surface area contributed by atoms with E-state index >= 15 is 0 Å². The summed E-state index contributed by atoms with van der Waals surface area (Å²) in [6, 6.07) is 2.07. The van der Waals surface area contributed by atoms with E-state index in [-0.39, 0.29) is 5.78 Å². The fourth-order valence-corrected chi connectivity index (χ4v) is 3.29.